The van der Waals surface area contributed by atoms with Gasteiger partial charge in [-0.3, -0.25) is 4.68 Å². The molecule has 0 bridgehead atoms. The predicted octanol–water partition coefficient (Wildman–Crippen LogP) is 1.60. The molecule has 0 spiro atoms. The molecule has 2 rings (SSSR count). The Hall–Kier alpha value is -0.830. The first-order chi connectivity index (χ1) is 7.14. The molecule has 84 valence electrons. The molecule has 1 aromatic rings. The zero-order valence-electron chi connectivity index (χ0n) is 9.95. The lowest BCUT2D eigenvalue weighted by Gasteiger charge is -2.28. The van der Waals surface area contributed by atoms with E-state index in [9.17, 15) is 0 Å². The number of hydrogen-bond acceptors (Lipinski definition) is 2. The Morgan fingerprint density at radius 2 is 2.33 bits per heavy atom. The second-order valence-electron chi connectivity index (χ2n) is 5.12. The van der Waals surface area contributed by atoms with Crippen LogP contribution in [0.1, 0.15) is 25.5 Å². The van der Waals surface area contributed by atoms with Gasteiger partial charge in [0.05, 0.1) is 5.69 Å². The van der Waals surface area contributed by atoms with Gasteiger partial charge in [0, 0.05) is 19.8 Å². The third-order valence-electron chi connectivity index (χ3n) is 3.50. The van der Waals surface area contributed by atoms with Crippen molar-refractivity contribution in [1.29, 1.82) is 0 Å². The van der Waals surface area contributed by atoms with Gasteiger partial charge in [-0.25, -0.2) is 0 Å². The Morgan fingerprint density at radius 1 is 1.60 bits per heavy atom. The molecule has 1 aliphatic rings. The molecular formula is C12H21N3. The monoisotopic (exact) mass is 207 g/mol. The molecule has 0 aliphatic heterocycles. The first-order valence-electron chi connectivity index (χ1n) is 5.77. The number of nitrogens with zero attached hydrogens (tertiary/aromatic N) is 2. The van der Waals surface area contributed by atoms with Gasteiger partial charge in [-0.1, -0.05) is 6.92 Å². The molecule has 1 saturated carbocycles. The number of aromatic nitrogens is 2. The van der Waals surface area contributed by atoms with Crippen LogP contribution in [0.4, 0.5) is 0 Å². The lowest BCUT2D eigenvalue weighted by molar-refractivity contribution is 0.260. The molecule has 1 aliphatic carbocycles. The van der Waals surface area contributed by atoms with Crippen molar-refractivity contribution < 1.29 is 0 Å². The summed E-state index contributed by atoms with van der Waals surface area (Å²) in [4.78, 5) is 0. The number of rotatable bonds is 5. The van der Waals surface area contributed by atoms with Crippen molar-refractivity contribution >= 4 is 0 Å². The molecule has 1 N–H and O–H groups in total. The van der Waals surface area contributed by atoms with Crippen molar-refractivity contribution in [1.82, 2.24) is 15.1 Å². The minimum atomic E-state index is 0.392. The quantitative estimate of drug-likeness (QED) is 0.795. The third-order valence-corrected chi connectivity index (χ3v) is 3.50. The Labute approximate surface area is 91.9 Å². The van der Waals surface area contributed by atoms with E-state index < -0.39 is 0 Å². The maximum absolute atomic E-state index is 4.48. The number of nitrogens with one attached hydrogen (secondary N) is 1. The zero-order chi connectivity index (χ0) is 10.9. The molecule has 1 heterocycles. The van der Waals surface area contributed by atoms with Crippen LogP contribution in [0.5, 0.6) is 0 Å². The highest BCUT2D eigenvalue weighted by Crippen LogP contribution is 2.46. The fraction of sp³-hybridized carbons (Fsp3) is 0.750. The lowest BCUT2D eigenvalue weighted by Crippen LogP contribution is -2.34. The van der Waals surface area contributed by atoms with Crippen LogP contribution < -0.4 is 5.32 Å². The zero-order valence-corrected chi connectivity index (χ0v) is 9.95. The van der Waals surface area contributed by atoms with E-state index >= 15 is 0 Å². The summed E-state index contributed by atoms with van der Waals surface area (Å²) >= 11 is 0. The lowest BCUT2D eigenvalue weighted by atomic mass is 9.80. The fourth-order valence-corrected chi connectivity index (χ4v) is 2.51. The van der Waals surface area contributed by atoms with Gasteiger partial charge in [-0.2, -0.15) is 5.10 Å². The van der Waals surface area contributed by atoms with E-state index in [1.54, 1.807) is 0 Å². The molecular weight excluding hydrogens is 186 g/mol. The van der Waals surface area contributed by atoms with Crippen LogP contribution in [0.25, 0.3) is 0 Å². The van der Waals surface area contributed by atoms with Crippen molar-refractivity contribution in [3.63, 3.8) is 0 Å². The molecule has 1 aromatic heterocycles. The Balaban J connectivity index is 2.06. The Kier molecular flexibility index (Phi) is 2.83. The molecule has 3 heteroatoms. The summed E-state index contributed by atoms with van der Waals surface area (Å²) in [7, 11) is 4.02. The number of hydrogen-bond donors (Lipinski definition) is 1. The van der Waals surface area contributed by atoms with Gasteiger partial charge in [-0.05, 0) is 43.7 Å². The van der Waals surface area contributed by atoms with Crippen molar-refractivity contribution in [3.05, 3.63) is 18.0 Å². The molecule has 0 aromatic carbocycles. The normalized spacial score (nSPS) is 20.2. The van der Waals surface area contributed by atoms with Gasteiger partial charge in [0.25, 0.3) is 0 Å². The van der Waals surface area contributed by atoms with Crippen LogP contribution in [-0.4, -0.2) is 23.4 Å². The van der Waals surface area contributed by atoms with E-state index in [1.165, 1.54) is 18.5 Å². The maximum Gasteiger partial charge on any atom is 0.0630 e. The average molecular weight is 207 g/mol. The molecule has 15 heavy (non-hydrogen) atoms. The van der Waals surface area contributed by atoms with Crippen molar-refractivity contribution in [3.8, 4) is 0 Å². The summed E-state index contributed by atoms with van der Waals surface area (Å²) in [5.74, 6) is 0.895. The molecule has 0 radical (unpaired) electrons. The maximum atomic E-state index is 4.48. The standard InChI is InChI=1S/C12H21N3/c1-12(9-13-2,10-4-5-10)8-11-6-7-15(3)14-11/h6-7,10,13H,4-5,8-9H2,1-3H3. The van der Waals surface area contributed by atoms with Crippen LogP contribution in [0, 0.1) is 11.3 Å². The summed E-state index contributed by atoms with van der Waals surface area (Å²) in [6, 6.07) is 2.14. The van der Waals surface area contributed by atoms with E-state index in [0.29, 0.717) is 5.41 Å². The molecule has 1 atom stereocenters. The van der Waals surface area contributed by atoms with E-state index in [1.807, 2.05) is 25.0 Å². The molecule has 3 nitrogen and oxygen atoms in total. The van der Waals surface area contributed by atoms with Crippen LogP contribution in [0.15, 0.2) is 12.3 Å². The minimum Gasteiger partial charge on any atom is -0.319 e. The van der Waals surface area contributed by atoms with E-state index in [4.69, 9.17) is 0 Å². The highest BCUT2D eigenvalue weighted by molar-refractivity contribution is 5.06. The van der Waals surface area contributed by atoms with E-state index in [-0.39, 0.29) is 0 Å². The Morgan fingerprint density at radius 3 is 2.80 bits per heavy atom. The summed E-state index contributed by atoms with van der Waals surface area (Å²) in [6.07, 6.45) is 5.91. The summed E-state index contributed by atoms with van der Waals surface area (Å²) in [5, 5.41) is 7.80. The van der Waals surface area contributed by atoms with Crippen molar-refractivity contribution in [2.24, 2.45) is 18.4 Å². The largest absolute Gasteiger partial charge is 0.319 e. The number of aryl methyl sites for hydroxylation is 1. The van der Waals surface area contributed by atoms with E-state index in [0.717, 1.165) is 18.9 Å². The van der Waals surface area contributed by atoms with Crippen molar-refractivity contribution in [2.75, 3.05) is 13.6 Å². The second-order valence-corrected chi connectivity index (χ2v) is 5.12. The molecule has 1 unspecified atom stereocenters. The van der Waals surface area contributed by atoms with Gasteiger partial charge in [0.15, 0.2) is 0 Å². The predicted molar refractivity (Wildman–Crippen MR) is 61.7 cm³/mol. The fourth-order valence-electron chi connectivity index (χ4n) is 2.51. The van der Waals surface area contributed by atoms with Gasteiger partial charge in [0.1, 0.15) is 0 Å². The third kappa shape index (κ3) is 2.40. The van der Waals surface area contributed by atoms with Crippen LogP contribution in [0.3, 0.4) is 0 Å². The molecule has 0 saturated heterocycles. The van der Waals surface area contributed by atoms with Crippen LogP contribution in [0.2, 0.25) is 0 Å². The summed E-state index contributed by atoms with van der Waals surface area (Å²) in [5.41, 5.74) is 1.62. The van der Waals surface area contributed by atoms with Gasteiger partial charge in [0.2, 0.25) is 0 Å². The summed E-state index contributed by atoms with van der Waals surface area (Å²) < 4.78 is 1.89. The summed E-state index contributed by atoms with van der Waals surface area (Å²) in [6.45, 7) is 3.48. The van der Waals surface area contributed by atoms with Gasteiger partial charge >= 0.3 is 0 Å². The topological polar surface area (TPSA) is 29.9 Å². The Bertz CT molecular complexity index is 327. The highest BCUT2D eigenvalue weighted by atomic mass is 15.2. The second kappa shape index (κ2) is 3.97. The smallest absolute Gasteiger partial charge is 0.0630 e. The van der Waals surface area contributed by atoms with Crippen molar-refractivity contribution in [2.45, 2.75) is 26.2 Å². The first-order valence-corrected chi connectivity index (χ1v) is 5.77. The average Bonchev–Trinajstić information content (AvgIpc) is 2.93. The molecule has 0 amide bonds. The SMILES string of the molecule is CNCC(C)(Cc1ccn(C)n1)C1CC1. The highest BCUT2D eigenvalue weighted by Gasteiger charge is 2.41. The van der Waals surface area contributed by atoms with Crippen LogP contribution in [-0.2, 0) is 13.5 Å². The van der Waals surface area contributed by atoms with E-state index in [2.05, 4.69) is 23.4 Å². The molecule has 1 fully saturated rings. The minimum absolute atomic E-state index is 0.392. The van der Waals surface area contributed by atoms with Gasteiger partial charge < -0.3 is 5.32 Å². The first kappa shape index (κ1) is 10.7. The van der Waals surface area contributed by atoms with Crippen LogP contribution >= 0.6 is 0 Å². The van der Waals surface area contributed by atoms with Gasteiger partial charge in [-0.15, -0.1) is 0 Å².